The summed E-state index contributed by atoms with van der Waals surface area (Å²) in [7, 11) is 1.64. The van der Waals surface area contributed by atoms with Crippen LogP contribution in [-0.2, 0) is 38.1 Å². The molecule has 2 aliphatic carbocycles. The average Bonchev–Trinajstić information content (AvgIpc) is 3.15. The van der Waals surface area contributed by atoms with E-state index in [9.17, 15) is 14.4 Å². The van der Waals surface area contributed by atoms with Crippen molar-refractivity contribution in [3.63, 3.8) is 0 Å². The Morgan fingerprint density at radius 3 is 2.39 bits per heavy atom. The van der Waals surface area contributed by atoms with E-state index < -0.39 is 36.0 Å². The number of hydrogen-bond acceptors (Lipinski definition) is 8. The number of rotatable bonds is 10. The molecule has 0 aromatic carbocycles. The number of allylic oxidation sites excluding steroid dienone is 2. The topological polar surface area (TPSA) is 97.4 Å². The second-order valence-electron chi connectivity index (χ2n) is 11.4. The Hall–Kier alpha value is -2.45. The zero-order chi connectivity index (χ0) is 28.4. The van der Waals surface area contributed by atoms with Crippen LogP contribution in [-0.4, -0.2) is 49.8 Å². The van der Waals surface area contributed by atoms with Gasteiger partial charge in [-0.25, -0.2) is 0 Å². The fraction of sp³-hybridized carbons (Fsp3) is 0.700. The Morgan fingerprint density at radius 1 is 1.18 bits per heavy atom. The van der Waals surface area contributed by atoms with Gasteiger partial charge in [-0.15, -0.1) is 0 Å². The highest BCUT2D eigenvalue weighted by Crippen LogP contribution is 2.68. The first kappa shape index (κ1) is 30.1. The summed E-state index contributed by atoms with van der Waals surface area (Å²) < 4.78 is 29.8. The number of carbonyl (C=O) groups excluding carboxylic acids is 3. The summed E-state index contributed by atoms with van der Waals surface area (Å²) in [5.74, 6) is -1.57. The van der Waals surface area contributed by atoms with Crippen LogP contribution in [0.5, 0.6) is 0 Å². The second kappa shape index (κ2) is 11.7. The number of carbonyl (C=O) groups is 3. The maximum absolute atomic E-state index is 12.9. The minimum atomic E-state index is -1.09. The summed E-state index contributed by atoms with van der Waals surface area (Å²) in [5, 5.41) is 0. The van der Waals surface area contributed by atoms with Gasteiger partial charge in [0.15, 0.2) is 0 Å². The molecule has 0 amide bonds. The van der Waals surface area contributed by atoms with Gasteiger partial charge in [-0.05, 0) is 55.4 Å². The van der Waals surface area contributed by atoms with Gasteiger partial charge >= 0.3 is 17.9 Å². The van der Waals surface area contributed by atoms with Crippen LogP contribution in [0.4, 0.5) is 0 Å². The molecule has 0 radical (unpaired) electrons. The van der Waals surface area contributed by atoms with Crippen LogP contribution in [0.15, 0.2) is 36.5 Å². The van der Waals surface area contributed by atoms with Gasteiger partial charge in [-0.1, -0.05) is 52.5 Å². The van der Waals surface area contributed by atoms with Crippen molar-refractivity contribution >= 4 is 17.9 Å². The van der Waals surface area contributed by atoms with Crippen molar-refractivity contribution in [2.45, 2.75) is 98.4 Å². The number of ether oxygens (including phenoxy) is 5. The van der Waals surface area contributed by atoms with Crippen LogP contribution in [0, 0.1) is 28.6 Å². The molecule has 0 aromatic rings. The molecule has 8 heteroatoms. The van der Waals surface area contributed by atoms with Gasteiger partial charge in [-0.3, -0.25) is 19.1 Å². The highest BCUT2D eigenvalue weighted by atomic mass is 16.8. The fourth-order valence-corrected chi connectivity index (χ4v) is 6.70. The maximum atomic E-state index is 12.9. The number of esters is 3. The van der Waals surface area contributed by atoms with Crippen LogP contribution in [0.25, 0.3) is 0 Å². The van der Waals surface area contributed by atoms with Crippen molar-refractivity contribution in [1.29, 1.82) is 0 Å². The molecule has 2 fully saturated rings. The Morgan fingerprint density at radius 2 is 1.84 bits per heavy atom. The van der Waals surface area contributed by atoms with Crippen molar-refractivity contribution in [2.24, 2.45) is 28.6 Å². The smallest absolute Gasteiger partial charge is 0.309 e. The molecule has 3 aliphatic rings. The van der Waals surface area contributed by atoms with Gasteiger partial charge in [0.25, 0.3) is 0 Å². The van der Waals surface area contributed by atoms with Gasteiger partial charge in [0, 0.05) is 26.5 Å². The van der Waals surface area contributed by atoms with Gasteiger partial charge in [-0.2, -0.15) is 0 Å². The summed E-state index contributed by atoms with van der Waals surface area (Å²) in [4.78, 5) is 37.3. The van der Waals surface area contributed by atoms with Gasteiger partial charge in [0.2, 0.25) is 12.6 Å². The standard InChI is InChI=1S/C30H44O8/c1-10-17(3)12-13-29(8)19(5)14-25(34-9)30-23(27(35-20(6)31)38-28(30)36-21(7)32)15-22(16-24(29)30)37-26(33)18(4)11-2/h10,15,18-19,22,24-25,27-28H,1,3,11-14,16H2,2,4-9H3/t18-,19-,22-,24+,25+,27+,28-,29-,30-/m1/s1. The molecule has 212 valence electrons. The molecule has 1 spiro atoms. The Labute approximate surface area is 226 Å². The van der Waals surface area contributed by atoms with Crippen molar-refractivity contribution in [2.75, 3.05) is 7.11 Å². The Kier molecular flexibility index (Phi) is 9.30. The molecule has 1 saturated heterocycles. The number of methoxy groups -OCH3 is 1. The largest absolute Gasteiger partial charge is 0.458 e. The van der Waals surface area contributed by atoms with E-state index in [4.69, 9.17) is 23.7 Å². The third-order valence-electron chi connectivity index (χ3n) is 9.21. The second-order valence-corrected chi connectivity index (χ2v) is 11.4. The van der Waals surface area contributed by atoms with E-state index in [-0.39, 0.29) is 35.2 Å². The predicted octanol–water partition coefficient (Wildman–Crippen LogP) is 5.27. The zero-order valence-electron chi connectivity index (χ0n) is 23.9. The Balaban J connectivity index is 2.22. The van der Waals surface area contributed by atoms with Crippen LogP contribution in [0.2, 0.25) is 0 Å². The highest BCUT2D eigenvalue weighted by molar-refractivity contribution is 5.72. The van der Waals surface area contributed by atoms with Crippen LogP contribution in [0.1, 0.15) is 73.6 Å². The molecule has 0 bridgehead atoms. The highest BCUT2D eigenvalue weighted by Gasteiger charge is 2.71. The lowest BCUT2D eigenvalue weighted by atomic mass is 9.45. The summed E-state index contributed by atoms with van der Waals surface area (Å²) in [6.07, 6.45) is 3.86. The van der Waals surface area contributed by atoms with E-state index in [2.05, 4.69) is 27.0 Å². The lowest BCUT2D eigenvalue weighted by Crippen LogP contribution is -2.63. The molecule has 1 aliphatic heterocycles. The molecule has 3 rings (SSSR count). The van der Waals surface area contributed by atoms with E-state index in [1.807, 2.05) is 19.9 Å². The SMILES string of the molecule is C=CC(=C)CC[C@]1(C)[C@H](C)C[C@H](OC)[C@@]23C(=C[C@@H](OC(=O)[C@H](C)CC)C[C@@H]12)[C@@H](OC(C)=O)O[C@H]3OC(C)=O. The van der Waals surface area contributed by atoms with Crippen LogP contribution in [0.3, 0.4) is 0 Å². The fourth-order valence-electron chi connectivity index (χ4n) is 6.70. The normalized spacial score (nSPS) is 36.7. The minimum absolute atomic E-state index is 0.194. The molecule has 0 aromatic heterocycles. The summed E-state index contributed by atoms with van der Waals surface area (Å²) >= 11 is 0. The number of hydrogen-bond donors (Lipinski definition) is 0. The summed E-state index contributed by atoms with van der Waals surface area (Å²) in [6, 6.07) is 0. The van der Waals surface area contributed by atoms with E-state index >= 15 is 0 Å². The van der Waals surface area contributed by atoms with Crippen molar-refractivity contribution in [3.8, 4) is 0 Å². The lowest BCUT2D eigenvalue weighted by molar-refractivity contribution is -0.258. The van der Waals surface area contributed by atoms with Crippen LogP contribution >= 0.6 is 0 Å². The van der Waals surface area contributed by atoms with Crippen LogP contribution < -0.4 is 0 Å². The van der Waals surface area contributed by atoms with Gasteiger partial charge in [0.1, 0.15) is 6.10 Å². The van der Waals surface area contributed by atoms with Crippen molar-refractivity contribution in [3.05, 3.63) is 36.5 Å². The molecular weight excluding hydrogens is 488 g/mol. The predicted molar refractivity (Wildman–Crippen MR) is 141 cm³/mol. The van der Waals surface area contributed by atoms with E-state index in [0.717, 1.165) is 18.4 Å². The Bertz CT molecular complexity index is 985. The molecule has 1 saturated carbocycles. The van der Waals surface area contributed by atoms with E-state index in [1.165, 1.54) is 13.8 Å². The molecule has 1 heterocycles. The summed E-state index contributed by atoms with van der Waals surface area (Å²) in [6.45, 7) is 18.8. The minimum Gasteiger partial charge on any atom is -0.458 e. The molecule has 0 N–H and O–H groups in total. The molecule has 38 heavy (non-hydrogen) atoms. The first-order valence-corrected chi connectivity index (χ1v) is 13.6. The summed E-state index contributed by atoms with van der Waals surface area (Å²) in [5.41, 5.74) is 0.319. The van der Waals surface area contributed by atoms with E-state index in [1.54, 1.807) is 13.2 Å². The monoisotopic (exact) mass is 532 g/mol. The molecule has 9 atom stereocenters. The average molecular weight is 533 g/mol. The third kappa shape index (κ3) is 5.34. The first-order valence-electron chi connectivity index (χ1n) is 13.6. The van der Waals surface area contributed by atoms with Gasteiger partial charge in [0.05, 0.1) is 17.4 Å². The lowest BCUT2D eigenvalue weighted by Gasteiger charge is -2.61. The van der Waals surface area contributed by atoms with Crippen molar-refractivity contribution in [1.82, 2.24) is 0 Å². The molecule has 0 unspecified atom stereocenters. The molecule has 8 nitrogen and oxygen atoms in total. The quantitative estimate of drug-likeness (QED) is 0.162. The van der Waals surface area contributed by atoms with Crippen molar-refractivity contribution < 1.29 is 38.1 Å². The first-order chi connectivity index (χ1) is 17.8. The zero-order valence-corrected chi connectivity index (χ0v) is 23.9. The maximum Gasteiger partial charge on any atom is 0.309 e. The third-order valence-corrected chi connectivity index (χ3v) is 9.21. The van der Waals surface area contributed by atoms with E-state index in [0.29, 0.717) is 24.8 Å². The molecular formula is C30H44O8. The van der Waals surface area contributed by atoms with Gasteiger partial charge < -0.3 is 18.9 Å².